The number of carbonyl (C=O) groups excluding carboxylic acids is 1. The van der Waals surface area contributed by atoms with E-state index >= 15 is 0 Å². The Hall–Kier alpha value is -2.02. The van der Waals surface area contributed by atoms with Gasteiger partial charge in [0.2, 0.25) is 10.0 Å². The van der Waals surface area contributed by atoms with Crippen LogP contribution in [0.2, 0.25) is 0 Å². The minimum Gasteiger partial charge on any atom is -0.466 e. The van der Waals surface area contributed by atoms with E-state index in [1.807, 2.05) is 0 Å². The zero-order valence-corrected chi connectivity index (χ0v) is 18.7. The van der Waals surface area contributed by atoms with Crippen LogP contribution in [-0.4, -0.2) is 48.3 Å². The van der Waals surface area contributed by atoms with Crippen molar-refractivity contribution in [2.24, 2.45) is 0 Å². The molecule has 1 fully saturated rings. The Balaban J connectivity index is 1.82. The number of nitrogens with zero attached hydrogens (tertiary/aromatic N) is 3. The van der Waals surface area contributed by atoms with Gasteiger partial charge in [0.15, 0.2) is 4.34 Å². The summed E-state index contributed by atoms with van der Waals surface area (Å²) in [5.41, 5.74) is 0.230. The third kappa shape index (κ3) is 5.36. The highest BCUT2D eigenvalue weighted by Crippen LogP contribution is 2.38. The van der Waals surface area contributed by atoms with Crippen LogP contribution in [0, 0.1) is 10.1 Å². The highest BCUT2D eigenvalue weighted by atomic mass is 32.2. The summed E-state index contributed by atoms with van der Waals surface area (Å²) in [5, 5.41) is 13.3. The first-order valence-electron chi connectivity index (χ1n) is 9.37. The quantitative estimate of drug-likeness (QED) is 0.326. The van der Waals surface area contributed by atoms with Gasteiger partial charge in [-0.05, 0) is 31.9 Å². The summed E-state index contributed by atoms with van der Waals surface area (Å²) in [5.74, 6) is -0.391. The fourth-order valence-corrected chi connectivity index (χ4v) is 6.42. The van der Waals surface area contributed by atoms with Gasteiger partial charge in [-0.25, -0.2) is 13.4 Å². The van der Waals surface area contributed by atoms with Gasteiger partial charge in [-0.15, -0.1) is 11.3 Å². The molecule has 162 valence electrons. The van der Waals surface area contributed by atoms with Crippen LogP contribution in [0.3, 0.4) is 0 Å². The van der Waals surface area contributed by atoms with E-state index in [0.717, 1.165) is 37.1 Å². The van der Waals surface area contributed by atoms with Crippen molar-refractivity contribution in [3.8, 4) is 0 Å². The normalized spacial score (nSPS) is 15.1. The Morgan fingerprint density at radius 3 is 2.73 bits per heavy atom. The number of esters is 1. The summed E-state index contributed by atoms with van der Waals surface area (Å²) in [4.78, 5) is 27.1. The van der Waals surface area contributed by atoms with E-state index in [1.165, 1.54) is 27.8 Å². The number of hydrogen-bond donors (Lipinski definition) is 0. The number of thiazole rings is 1. The molecular formula is C18H21N3O6S3. The SMILES string of the molecule is CCOC(=O)Cc1csc(Sc2ccc(S(=O)(=O)N3CCCCC3)cc2[N+](=O)[O-])n1. The lowest BCUT2D eigenvalue weighted by Gasteiger charge is -2.25. The Labute approximate surface area is 182 Å². The number of ether oxygens (including phenoxy) is 1. The van der Waals surface area contributed by atoms with E-state index in [9.17, 15) is 23.3 Å². The smallest absolute Gasteiger partial charge is 0.311 e. The first-order valence-corrected chi connectivity index (χ1v) is 12.5. The number of nitro benzene ring substituents is 1. The van der Waals surface area contributed by atoms with E-state index in [2.05, 4.69) is 4.98 Å². The fraction of sp³-hybridized carbons (Fsp3) is 0.444. The summed E-state index contributed by atoms with van der Waals surface area (Å²) in [6.45, 7) is 2.85. The number of piperidine rings is 1. The highest BCUT2D eigenvalue weighted by Gasteiger charge is 2.29. The predicted octanol–water partition coefficient (Wildman–Crippen LogP) is 3.48. The Kier molecular flexibility index (Phi) is 7.45. The van der Waals surface area contributed by atoms with Gasteiger partial charge in [-0.2, -0.15) is 4.31 Å². The van der Waals surface area contributed by atoms with Gasteiger partial charge in [-0.3, -0.25) is 14.9 Å². The van der Waals surface area contributed by atoms with Crippen LogP contribution in [0.1, 0.15) is 31.9 Å². The van der Waals surface area contributed by atoms with E-state index < -0.39 is 20.9 Å². The minimum atomic E-state index is -3.77. The summed E-state index contributed by atoms with van der Waals surface area (Å²) in [6.07, 6.45) is 2.58. The second kappa shape index (κ2) is 9.86. The lowest BCUT2D eigenvalue weighted by molar-refractivity contribution is -0.388. The molecule has 1 aliphatic heterocycles. The molecule has 0 bridgehead atoms. The Morgan fingerprint density at radius 1 is 1.33 bits per heavy atom. The minimum absolute atomic E-state index is 0.0278. The van der Waals surface area contributed by atoms with Crippen molar-refractivity contribution >= 4 is 44.8 Å². The third-order valence-electron chi connectivity index (χ3n) is 4.44. The monoisotopic (exact) mass is 471 g/mol. The predicted molar refractivity (Wildman–Crippen MR) is 112 cm³/mol. The molecule has 0 radical (unpaired) electrons. The summed E-state index contributed by atoms with van der Waals surface area (Å²) in [7, 11) is -3.77. The molecular weight excluding hydrogens is 450 g/mol. The molecule has 1 aliphatic rings. The first kappa shape index (κ1) is 22.7. The lowest BCUT2D eigenvalue weighted by Crippen LogP contribution is -2.35. The van der Waals surface area contributed by atoms with E-state index in [4.69, 9.17) is 4.74 Å². The molecule has 0 saturated carbocycles. The summed E-state index contributed by atoms with van der Waals surface area (Å²) < 4.78 is 32.5. The van der Waals surface area contributed by atoms with Crippen molar-refractivity contribution in [1.29, 1.82) is 0 Å². The number of sulfonamides is 1. The first-order chi connectivity index (χ1) is 14.3. The van der Waals surface area contributed by atoms with E-state index in [0.29, 0.717) is 23.1 Å². The number of rotatable bonds is 8. The number of benzene rings is 1. The fourth-order valence-electron chi connectivity index (χ4n) is 3.01. The molecule has 0 spiro atoms. The maximum atomic E-state index is 12.8. The van der Waals surface area contributed by atoms with Crippen LogP contribution in [-0.2, 0) is 26.0 Å². The maximum Gasteiger partial charge on any atom is 0.311 e. The van der Waals surface area contributed by atoms with Crippen LogP contribution >= 0.6 is 23.1 Å². The van der Waals surface area contributed by atoms with E-state index in [1.54, 1.807) is 12.3 Å². The number of hydrogen-bond acceptors (Lipinski definition) is 9. The van der Waals surface area contributed by atoms with Crippen LogP contribution in [0.25, 0.3) is 0 Å². The highest BCUT2D eigenvalue weighted by molar-refractivity contribution is 8.01. The molecule has 2 heterocycles. The molecule has 0 atom stereocenters. The van der Waals surface area contributed by atoms with Crippen molar-refractivity contribution in [2.45, 2.75) is 46.7 Å². The topological polar surface area (TPSA) is 120 Å². The average Bonchev–Trinajstić information content (AvgIpc) is 3.15. The summed E-state index contributed by atoms with van der Waals surface area (Å²) in [6, 6.07) is 3.94. The molecule has 1 saturated heterocycles. The second-order valence-corrected chi connectivity index (χ2v) is 10.6. The third-order valence-corrected chi connectivity index (χ3v) is 8.39. The molecule has 0 amide bonds. The lowest BCUT2D eigenvalue weighted by atomic mass is 10.2. The second-order valence-electron chi connectivity index (χ2n) is 6.54. The number of carbonyl (C=O) groups is 1. The zero-order valence-electron chi connectivity index (χ0n) is 16.3. The van der Waals surface area contributed by atoms with Crippen molar-refractivity contribution in [2.75, 3.05) is 19.7 Å². The molecule has 12 heteroatoms. The van der Waals surface area contributed by atoms with Gasteiger partial charge in [0, 0.05) is 24.5 Å². The zero-order chi connectivity index (χ0) is 21.7. The molecule has 30 heavy (non-hydrogen) atoms. The van der Waals surface area contributed by atoms with Gasteiger partial charge in [-0.1, -0.05) is 18.2 Å². The molecule has 0 unspecified atom stereocenters. The van der Waals surface area contributed by atoms with Crippen LogP contribution in [0.5, 0.6) is 0 Å². The van der Waals surface area contributed by atoms with Gasteiger partial charge in [0.25, 0.3) is 5.69 Å². The molecule has 1 aromatic carbocycles. The number of nitro groups is 1. The number of aromatic nitrogens is 1. The average molecular weight is 472 g/mol. The van der Waals surface area contributed by atoms with Crippen LogP contribution < -0.4 is 0 Å². The van der Waals surface area contributed by atoms with Crippen molar-refractivity contribution in [3.63, 3.8) is 0 Å². The molecule has 3 rings (SSSR count). The molecule has 2 aromatic rings. The maximum absolute atomic E-state index is 12.8. The molecule has 0 aliphatic carbocycles. The molecule has 0 N–H and O–H groups in total. The van der Waals surface area contributed by atoms with Crippen LogP contribution in [0.4, 0.5) is 5.69 Å². The van der Waals surface area contributed by atoms with Gasteiger partial charge in [0.05, 0.1) is 33.4 Å². The molecule has 1 aromatic heterocycles. The van der Waals surface area contributed by atoms with Crippen molar-refractivity contribution in [1.82, 2.24) is 9.29 Å². The van der Waals surface area contributed by atoms with Gasteiger partial charge < -0.3 is 4.74 Å². The largest absolute Gasteiger partial charge is 0.466 e. The van der Waals surface area contributed by atoms with Gasteiger partial charge in [0.1, 0.15) is 0 Å². The standard InChI is InChI=1S/C18H21N3O6S3/c1-2-27-17(22)10-13-12-28-18(19-13)29-16-7-6-14(11-15(16)21(23)24)30(25,26)20-8-4-3-5-9-20/h6-7,11-12H,2-5,8-10H2,1H3. The molecule has 9 nitrogen and oxygen atoms in total. The van der Waals surface area contributed by atoms with Gasteiger partial charge >= 0.3 is 5.97 Å². The van der Waals surface area contributed by atoms with Crippen LogP contribution in [0.15, 0.2) is 37.7 Å². The van der Waals surface area contributed by atoms with Crippen molar-refractivity contribution < 1.29 is 22.9 Å². The summed E-state index contributed by atoms with van der Waals surface area (Å²) >= 11 is 2.32. The van der Waals surface area contributed by atoms with Crippen molar-refractivity contribution in [3.05, 3.63) is 39.4 Å². The Bertz CT molecular complexity index is 1030. The van der Waals surface area contributed by atoms with E-state index in [-0.39, 0.29) is 28.5 Å². The Morgan fingerprint density at radius 2 is 2.07 bits per heavy atom.